The molecular weight excluding hydrogens is 230 g/mol. The number of pyridine rings is 1. The van der Waals surface area contributed by atoms with Crippen LogP contribution in [0.4, 0.5) is 0 Å². The minimum Gasteiger partial charge on any atom is -0.618 e. The minimum absolute atomic E-state index is 0.0532. The highest BCUT2D eigenvalue weighted by Crippen LogP contribution is 2.23. The van der Waals surface area contributed by atoms with Gasteiger partial charge in [0, 0.05) is 5.39 Å². The first-order chi connectivity index (χ1) is 7.65. The van der Waals surface area contributed by atoms with Crippen LogP contribution >= 0.6 is 11.6 Å². The highest BCUT2D eigenvalue weighted by Gasteiger charge is 2.22. The lowest BCUT2D eigenvalue weighted by Crippen LogP contribution is -2.35. The first-order valence-electron chi connectivity index (χ1n) is 4.54. The van der Waals surface area contributed by atoms with Crippen molar-refractivity contribution in [3.8, 4) is 0 Å². The van der Waals surface area contributed by atoms with Gasteiger partial charge in [-0.05, 0) is 6.07 Å². The molecule has 0 fully saturated rings. The van der Waals surface area contributed by atoms with Crippen LogP contribution in [0.25, 0.3) is 10.8 Å². The van der Waals surface area contributed by atoms with Crippen LogP contribution in [-0.4, -0.2) is 13.1 Å². The number of hydrogen-bond donors (Lipinski definition) is 0. The van der Waals surface area contributed by atoms with Crippen LogP contribution in [0.5, 0.6) is 0 Å². The van der Waals surface area contributed by atoms with E-state index in [1.807, 2.05) is 0 Å². The number of esters is 1. The summed E-state index contributed by atoms with van der Waals surface area (Å²) < 4.78 is 4.99. The molecule has 16 heavy (non-hydrogen) atoms. The summed E-state index contributed by atoms with van der Waals surface area (Å²) in [5.41, 5.74) is -0.0532. The molecule has 0 saturated heterocycles. The van der Waals surface area contributed by atoms with Gasteiger partial charge in [-0.2, -0.15) is 4.73 Å². The fraction of sp³-hybridized carbons (Fsp3) is 0.0909. The Hall–Kier alpha value is -1.81. The van der Waals surface area contributed by atoms with Crippen molar-refractivity contribution in [1.82, 2.24) is 0 Å². The monoisotopic (exact) mass is 237 g/mol. The zero-order chi connectivity index (χ0) is 11.7. The molecule has 5 heteroatoms. The Labute approximate surface area is 96.6 Å². The van der Waals surface area contributed by atoms with Gasteiger partial charge < -0.3 is 9.94 Å². The average molecular weight is 238 g/mol. The second kappa shape index (κ2) is 3.98. The molecule has 1 heterocycles. The van der Waals surface area contributed by atoms with Gasteiger partial charge >= 0.3 is 11.7 Å². The van der Waals surface area contributed by atoms with E-state index in [2.05, 4.69) is 4.74 Å². The van der Waals surface area contributed by atoms with E-state index in [1.54, 1.807) is 24.3 Å². The van der Waals surface area contributed by atoms with Gasteiger partial charge in [0.25, 0.3) is 0 Å². The minimum atomic E-state index is -0.678. The third kappa shape index (κ3) is 1.57. The summed E-state index contributed by atoms with van der Waals surface area (Å²) in [6.45, 7) is 0. The molecule has 4 nitrogen and oxygen atoms in total. The van der Waals surface area contributed by atoms with Crippen LogP contribution in [0.15, 0.2) is 30.5 Å². The Morgan fingerprint density at radius 1 is 1.38 bits per heavy atom. The first kappa shape index (κ1) is 10.7. The van der Waals surface area contributed by atoms with Crippen LogP contribution in [0.3, 0.4) is 0 Å². The predicted molar refractivity (Wildman–Crippen MR) is 59.3 cm³/mol. The molecule has 1 aromatic heterocycles. The number of carbonyl (C=O) groups excluding carboxylic acids is 1. The van der Waals surface area contributed by atoms with Crippen molar-refractivity contribution < 1.29 is 14.3 Å². The Balaban J connectivity index is 2.87. The molecule has 0 unspecified atom stereocenters. The van der Waals surface area contributed by atoms with Crippen molar-refractivity contribution in [2.75, 3.05) is 7.11 Å². The fourth-order valence-corrected chi connectivity index (χ4v) is 1.80. The highest BCUT2D eigenvalue weighted by atomic mass is 35.5. The second-order valence-electron chi connectivity index (χ2n) is 3.19. The first-order valence-corrected chi connectivity index (χ1v) is 4.91. The molecule has 0 amide bonds. The average Bonchev–Trinajstić information content (AvgIpc) is 2.28. The van der Waals surface area contributed by atoms with Crippen molar-refractivity contribution in [2.24, 2.45) is 0 Å². The van der Waals surface area contributed by atoms with Crippen LogP contribution in [0.1, 0.15) is 10.5 Å². The summed E-state index contributed by atoms with van der Waals surface area (Å²) in [5.74, 6) is -0.678. The molecule has 0 spiro atoms. The molecule has 0 aliphatic rings. The molecule has 1 aromatic carbocycles. The summed E-state index contributed by atoms with van der Waals surface area (Å²) in [6, 6.07) is 6.90. The van der Waals surface area contributed by atoms with Crippen LogP contribution in [0, 0.1) is 5.21 Å². The maximum Gasteiger partial charge on any atom is 0.405 e. The summed E-state index contributed by atoms with van der Waals surface area (Å²) in [4.78, 5) is 11.5. The van der Waals surface area contributed by atoms with E-state index in [1.165, 1.54) is 7.11 Å². The Bertz CT molecular complexity index is 568. The van der Waals surface area contributed by atoms with E-state index in [9.17, 15) is 10.0 Å². The lowest BCUT2D eigenvalue weighted by atomic mass is 10.1. The molecule has 82 valence electrons. The Morgan fingerprint density at radius 3 is 2.62 bits per heavy atom. The van der Waals surface area contributed by atoms with Gasteiger partial charge in [0.1, 0.15) is 5.02 Å². The molecule has 0 saturated carbocycles. The van der Waals surface area contributed by atoms with Crippen molar-refractivity contribution >= 4 is 28.3 Å². The third-order valence-corrected chi connectivity index (χ3v) is 2.57. The van der Waals surface area contributed by atoms with E-state index < -0.39 is 5.97 Å². The van der Waals surface area contributed by atoms with E-state index in [0.717, 1.165) is 6.20 Å². The van der Waals surface area contributed by atoms with Gasteiger partial charge in [0.05, 0.1) is 12.5 Å². The number of nitrogens with zero attached hydrogens (tertiary/aromatic N) is 1. The lowest BCUT2D eigenvalue weighted by molar-refractivity contribution is -0.606. The lowest BCUT2D eigenvalue weighted by Gasteiger charge is -2.07. The van der Waals surface area contributed by atoms with E-state index >= 15 is 0 Å². The van der Waals surface area contributed by atoms with Crippen molar-refractivity contribution in [3.05, 3.63) is 46.4 Å². The Kier molecular flexibility index (Phi) is 2.66. The van der Waals surface area contributed by atoms with Crippen molar-refractivity contribution in [1.29, 1.82) is 0 Å². The Morgan fingerprint density at radius 2 is 2.00 bits per heavy atom. The van der Waals surface area contributed by atoms with Gasteiger partial charge in [-0.25, -0.2) is 4.79 Å². The van der Waals surface area contributed by atoms with Gasteiger partial charge in [-0.3, -0.25) is 0 Å². The molecule has 0 aliphatic heterocycles. The standard InChI is InChI=1S/C11H8ClNO3/c1-16-11(14)10-8-5-3-2-4-7(8)9(12)6-13(10)15/h2-6H,1H3. The summed E-state index contributed by atoms with van der Waals surface area (Å²) in [5, 5.41) is 13.0. The third-order valence-electron chi connectivity index (χ3n) is 2.27. The fourth-order valence-electron chi connectivity index (χ4n) is 1.55. The van der Waals surface area contributed by atoms with Crippen LogP contribution < -0.4 is 4.73 Å². The molecule has 0 radical (unpaired) electrons. The number of hydrogen-bond acceptors (Lipinski definition) is 3. The van der Waals surface area contributed by atoms with Crippen molar-refractivity contribution in [3.63, 3.8) is 0 Å². The maximum atomic E-state index is 11.6. The number of rotatable bonds is 1. The molecule has 0 bridgehead atoms. The van der Waals surface area contributed by atoms with E-state index in [-0.39, 0.29) is 5.69 Å². The summed E-state index contributed by atoms with van der Waals surface area (Å²) in [6.07, 6.45) is 1.15. The SMILES string of the molecule is COC(=O)c1c2ccccc2c(Cl)c[n+]1[O-]. The normalized spacial score (nSPS) is 10.4. The number of carbonyl (C=O) groups is 1. The van der Waals surface area contributed by atoms with Gasteiger partial charge in [0.15, 0.2) is 6.20 Å². The zero-order valence-corrected chi connectivity index (χ0v) is 9.19. The van der Waals surface area contributed by atoms with E-state index in [4.69, 9.17) is 11.6 Å². The largest absolute Gasteiger partial charge is 0.618 e. The molecular formula is C11H8ClNO3. The second-order valence-corrected chi connectivity index (χ2v) is 3.60. The molecule has 0 aliphatic carbocycles. The number of ether oxygens (including phenoxy) is 1. The van der Waals surface area contributed by atoms with E-state index in [0.29, 0.717) is 20.5 Å². The topological polar surface area (TPSA) is 53.2 Å². The number of halogens is 1. The molecule has 0 N–H and O–H groups in total. The molecule has 2 aromatic rings. The van der Waals surface area contributed by atoms with Crippen LogP contribution in [0.2, 0.25) is 5.02 Å². The van der Waals surface area contributed by atoms with Gasteiger partial charge in [-0.1, -0.05) is 29.8 Å². The van der Waals surface area contributed by atoms with Crippen molar-refractivity contribution in [2.45, 2.75) is 0 Å². The van der Waals surface area contributed by atoms with Gasteiger partial charge in [0.2, 0.25) is 0 Å². The maximum absolute atomic E-state index is 11.6. The number of fused-ring (bicyclic) bond motifs is 1. The van der Waals surface area contributed by atoms with Gasteiger partial charge in [-0.15, -0.1) is 0 Å². The van der Waals surface area contributed by atoms with Crippen LogP contribution in [-0.2, 0) is 4.74 Å². The zero-order valence-electron chi connectivity index (χ0n) is 8.44. The summed E-state index contributed by atoms with van der Waals surface area (Å²) in [7, 11) is 1.23. The molecule has 2 rings (SSSR count). The number of aromatic nitrogens is 1. The number of benzene rings is 1. The number of methoxy groups -OCH3 is 1. The summed E-state index contributed by atoms with van der Waals surface area (Å²) >= 11 is 5.91. The highest BCUT2D eigenvalue weighted by molar-refractivity contribution is 6.35. The predicted octanol–water partition coefficient (Wildman–Crippen LogP) is 1.91. The smallest absolute Gasteiger partial charge is 0.405 e. The quantitative estimate of drug-likeness (QED) is 0.433. The molecule has 0 atom stereocenters.